The van der Waals surface area contributed by atoms with Crippen molar-refractivity contribution in [1.82, 2.24) is 5.32 Å². The molecule has 0 aliphatic heterocycles. The molecule has 0 spiro atoms. The van der Waals surface area contributed by atoms with Crippen molar-refractivity contribution < 1.29 is 4.79 Å². The van der Waals surface area contributed by atoms with Crippen molar-refractivity contribution >= 4 is 21.8 Å². The molecule has 1 unspecified atom stereocenters. The molecule has 4 heteroatoms. The quantitative estimate of drug-likeness (QED) is 0.850. The number of fused-ring (bicyclic) bond motifs is 1. The maximum Gasteiger partial charge on any atom is 0.242 e. The SMILES string of the molecule is CNC1(C(N)=O)CCc2cc(Br)ccc21. The minimum absolute atomic E-state index is 0.300. The first-order valence-corrected chi connectivity index (χ1v) is 5.67. The molecule has 1 aliphatic rings. The molecule has 2 rings (SSSR count). The van der Waals surface area contributed by atoms with E-state index in [-0.39, 0.29) is 5.91 Å². The first-order chi connectivity index (χ1) is 7.10. The highest BCUT2D eigenvalue weighted by molar-refractivity contribution is 9.10. The number of carbonyl (C=O) groups excluding carboxylic acids is 1. The van der Waals surface area contributed by atoms with E-state index in [1.165, 1.54) is 5.56 Å². The zero-order valence-electron chi connectivity index (χ0n) is 8.51. The Kier molecular flexibility index (Phi) is 2.56. The summed E-state index contributed by atoms with van der Waals surface area (Å²) in [5.41, 5.74) is 7.02. The molecule has 1 aromatic carbocycles. The summed E-state index contributed by atoms with van der Waals surface area (Å²) in [5, 5.41) is 3.06. The van der Waals surface area contributed by atoms with Crippen LogP contribution in [0, 0.1) is 0 Å². The number of hydrogen-bond donors (Lipinski definition) is 2. The lowest BCUT2D eigenvalue weighted by Gasteiger charge is -2.26. The molecule has 0 heterocycles. The molecule has 0 aromatic heterocycles. The van der Waals surface area contributed by atoms with Gasteiger partial charge in [0.05, 0.1) is 0 Å². The third-order valence-electron chi connectivity index (χ3n) is 3.14. The number of aryl methyl sites for hydroxylation is 1. The second-order valence-electron chi connectivity index (χ2n) is 3.82. The lowest BCUT2D eigenvalue weighted by molar-refractivity contribution is -0.124. The van der Waals surface area contributed by atoms with Gasteiger partial charge in [-0.05, 0) is 43.1 Å². The highest BCUT2D eigenvalue weighted by Crippen LogP contribution is 2.37. The summed E-state index contributed by atoms with van der Waals surface area (Å²) >= 11 is 3.42. The molecule has 1 aliphatic carbocycles. The van der Waals surface area contributed by atoms with Crippen molar-refractivity contribution in [2.75, 3.05) is 7.05 Å². The molecule has 1 amide bonds. The van der Waals surface area contributed by atoms with Gasteiger partial charge in [-0.3, -0.25) is 4.79 Å². The second kappa shape index (κ2) is 3.61. The van der Waals surface area contributed by atoms with Crippen LogP contribution in [0.15, 0.2) is 22.7 Å². The van der Waals surface area contributed by atoms with E-state index in [4.69, 9.17) is 5.73 Å². The predicted molar refractivity (Wildman–Crippen MR) is 62.4 cm³/mol. The first-order valence-electron chi connectivity index (χ1n) is 4.88. The summed E-state index contributed by atoms with van der Waals surface area (Å²) in [4.78, 5) is 11.6. The third-order valence-corrected chi connectivity index (χ3v) is 3.64. The van der Waals surface area contributed by atoms with Crippen molar-refractivity contribution in [3.63, 3.8) is 0 Å². The number of benzene rings is 1. The lowest BCUT2D eigenvalue weighted by atomic mass is 9.91. The average molecular weight is 269 g/mol. The maximum absolute atomic E-state index is 11.6. The van der Waals surface area contributed by atoms with Crippen LogP contribution in [0.2, 0.25) is 0 Å². The molecule has 0 radical (unpaired) electrons. The first kappa shape index (κ1) is 10.6. The van der Waals surface area contributed by atoms with Gasteiger partial charge in [0.15, 0.2) is 0 Å². The molecule has 15 heavy (non-hydrogen) atoms. The van der Waals surface area contributed by atoms with E-state index < -0.39 is 5.54 Å². The Labute approximate surface area is 97.2 Å². The van der Waals surface area contributed by atoms with Crippen LogP contribution in [-0.2, 0) is 16.8 Å². The number of nitrogens with two attached hydrogens (primary N) is 1. The Morgan fingerprint density at radius 2 is 2.33 bits per heavy atom. The molecule has 1 aromatic rings. The summed E-state index contributed by atoms with van der Waals surface area (Å²) in [6, 6.07) is 5.96. The number of hydrogen-bond acceptors (Lipinski definition) is 2. The fourth-order valence-electron chi connectivity index (χ4n) is 2.28. The number of amides is 1. The van der Waals surface area contributed by atoms with Crippen molar-refractivity contribution in [3.8, 4) is 0 Å². The van der Waals surface area contributed by atoms with Gasteiger partial charge in [-0.2, -0.15) is 0 Å². The van der Waals surface area contributed by atoms with Crippen molar-refractivity contribution in [2.24, 2.45) is 5.73 Å². The smallest absolute Gasteiger partial charge is 0.242 e. The number of rotatable bonds is 2. The standard InChI is InChI=1S/C11H13BrN2O/c1-14-11(10(13)15)5-4-7-6-8(12)2-3-9(7)11/h2-3,6,14H,4-5H2,1H3,(H2,13,15). The van der Waals surface area contributed by atoms with Gasteiger partial charge < -0.3 is 11.1 Å². The number of halogens is 1. The molecular weight excluding hydrogens is 256 g/mol. The highest BCUT2D eigenvalue weighted by atomic mass is 79.9. The highest BCUT2D eigenvalue weighted by Gasteiger charge is 2.42. The Morgan fingerprint density at radius 1 is 1.60 bits per heavy atom. The van der Waals surface area contributed by atoms with Gasteiger partial charge in [0.2, 0.25) is 5.91 Å². The van der Waals surface area contributed by atoms with E-state index in [0.29, 0.717) is 0 Å². The largest absolute Gasteiger partial charge is 0.368 e. The summed E-state index contributed by atoms with van der Waals surface area (Å²) in [7, 11) is 1.78. The topological polar surface area (TPSA) is 55.1 Å². The van der Waals surface area contributed by atoms with Gasteiger partial charge in [-0.1, -0.05) is 22.0 Å². The molecule has 1 atom stereocenters. The zero-order valence-corrected chi connectivity index (χ0v) is 10.1. The summed E-state index contributed by atoms with van der Waals surface area (Å²) in [6.45, 7) is 0. The van der Waals surface area contributed by atoms with Crippen LogP contribution < -0.4 is 11.1 Å². The average Bonchev–Trinajstić information content (AvgIpc) is 2.56. The van der Waals surface area contributed by atoms with Crippen molar-refractivity contribution in [2.45, 2.75) is 18.4 Å². The summed E-state index contributed by atoms with van der Waals surface area (Å²) in [6.07, 6.45) is 1.63. The molecule has 80 valence electrons. The fraction of sp³-hybridized carbons (Fsp3) is 0.364. The van der Waals surface area contributed by atoms with Crippen LogP contribution in [0.5, 0.6) is 0 Å². The molecule has 0 saturated carbocycles. The van der Waals surface area contributed by atoms with Crippen LogP contribution in [-0.4, -0.2) is 13.0 Å². The van der Waals surface area contributed by atoms with Gasteiger partial charge in [0.1, 0.15) is 5.54 Å². The minimum atomic E-state index is -0.671. The molecule has 0 saturated heterocycles. The number of primary amides is 1. The van der Waals surface area contributed by atoms with Gasteiger partial charge >= 0.3 is 0 Å². The summed E-state index contributed by atoms with van der Waals surface area (Å²) < 4.78 is 1.04. The predicted octanol–water partition coefficient (Wildman–Crippen LogP) is 1.30. The van der Waals surface area contributed by atoms with Crippen LogP contribution in [0.3, 0.4) is 0 Å². The molecule has 3 nitrogen and oxygen atoms in total. The number of likely N-dealkylation sites (N-methyl/N-ethyl adjacent to an activating group) is 1. The van der Waals surface area contributed by atoms with E-state index in [1.54, 1.807) is 7.05 Å². The minimum Gasteiger partial charge on any atom is -0.368 e. The monoisotopic (exact) mass is 268 g/mol. The normalized spacial score (nSPS) is 23.9. The van der Waals surface area contributed by atoms with E-state index in [2.05, 4.69) is 27.3 Å². The zero-order chi connectivity index (χ0) is 11.1. The van der Waals surface area contributed by atoms with Crippen LogP contribution in [0.1, 0.15) is 17.5 Å². The van der Waals surface area contributed by atoms with E-state index in [1.807, 2.05) is 12.1 Å². The Hall–Kier alpha value is -0.870. The van der Waals surface area contributed by atoms with Gasteiger partial charge in [0.25, 0.3) is 0 Å². The maximum atomic E-state index is 11.6. The van der Waals surface area contributed by atoms with Crippen LogP contribution in [0.4, 0.5) is 0 Å². The van der Waals surface area contributed by atoms with E-state index in [0.717, 1.165) is 22.9 Å². The van der Waals surface area contributed by atoms with Crippen molar-refractivity contribution in [3.05, 3.63) is 33.8 Å². The fourth-order valence-corrected chi connectivity index (χ4v) is 2.69. The van der Waals surface area contributed by atoms with Crippen LogP contribution in [0.25, 0.3) is 0 Å². The summed E-state index contributed by atoms with van der Waals surface area (Å²) in [5.74, 6) is -0.300. The van der Waals surface area contributed by atoms with Crippen molar-refractivity contribution in [1.29, 1.82) is 0 Å². The Morgan fingerprint density at radius 3 is 2.93 bits per heavy atom. The van der Waals surface area contributed by atoms with Gasteiger partial charge in [0, 0.05) is 4.47 Å². The molecule has 0 bridgehead atoms. The molecule has 0 fully saturated rings. The van der Waals surface area contributed by atoms with Gasteiger partial charge in [-0.25, -0.2) is 0 Å². The van der Waals surface area contributed by atoms with Crippen LogP contribution >= 0.6 is 15.9 Å². The second-order valence-corrected chi connectivity index (χ2v) is 4.74. The Bertz CT molecular complexity index is 419. The van der Waals surface area contributed by atoms with Gasteiger partial charge in [-0.15, -0.1) is 0 Å². The van der Waals surface area contributed by atoms with E-state index >= 15 is 0 Å². The van der Waals surface area contributed by atoms with E-state index in [9.17, 15) is 4.79 Å². The number of carbonyl (C=O) groups is 1. The molecule has 3 N–H and O–H groups in total. The molecular formula is C11H13BrN2O. The lowest BCUT2D eigenvalue weighted by Crippen LogP contribution is -2.49. The Balaban J connectivity index is 2.56. The number of nitrogens with one attached hydrogen (secondary N) is 1. The third kappa shape index (κ3) is 1.48.